The number of fused-ring (bicyclic) bond motifs is 1. The van der Waals surface area contributed by atoms with Crippen LogP contribution in [0.3, 0.4) is 0 Å². The first-order chi connectivity index (χ1) is 9.81. The van der Waals surface area contributed by atoms with Crippen LogP contribution in [0.1, 0.15) is 0 Å². The molecule has 0 aliphatic carbocycles. The van der Waals surface area contributed by atoms with Crippen LogP contribution in [0.5, 0.6) is 5.75 Å². The van der Waals surface area contributed by atoms with E-state index in [1.807, 2.05) is 24.3 Å². The molecule has 20 heavy (non-hydrogen) atoms. The molecule has 0 amide bonds. The smallest absolute Gasteiger partial charge is 0.200 e. The second-order valence-electron chi connectivity index (χ2n) is 4.09. The highest BCUT2D eigenvalue weighted by atomic mass is 16.5. The lowest BCUT2D eigenvalue weighted by Gasteiger charge is -2.08. The molecule has 1 aromatic carbocycles. The highest BCUT2D eigenvalue weighted by Gasteiger charge is 2.00. The standard InChI is InChI=1S/C12H13N7O/c13-9-2-1-3-10(8-9)20-7-6-14-11-4-5-12-15-17-18-19(12)16-11/h1-5,8H,6-7,13H2,(H,14,16). The zero-order chi connectivity index (χ0) is 13.8. The Kier molecular flexibility index (Phi) is 3.27. The predicted molar refractivity (Wildman–Crippen MR) is 73.4 cm³/mol. The van der Waals surface area contributed by atoms with E-state index in [-0.39, 0.29) is 0 Å². The van der Waals surface area contributed by atoms with Gasteiger partial charge in [-0.05, 0) is 34.7 Å². The minimum atomic E-state index is 0.499. The minimum absolute atomic E-state index is 0.499. The van der Waals surface area contributed by atoms with Gasteiger partial charge >= 0.3 is 0 Å². The molecule has 102 valence electrons. The maximum atomic E-state index is 5.67. The molecule has 0 bridgehead atoms. The van der Waals surface area contributed by atoms with Crippen molar-refractivity contribution in [3.05, 3.63) is 36.4 Å². The summed E-state index contributed by atoms with van der Waals surface area (Å²) in [6, 6.07) is 10.9. The van der Waals surface area contributed by atoms with Crippen LogP contribution < -0.4 is 15.8 Å². The Morgan fingerprint density at radius 2 is 2.20 bits per heavy atom. The van der Waals surface area contributed by atoms with Gasteiger partial charge in [0.2, 0.25) is 0 Å². The Hall–Kier alpha value is -2.90. The molecular formula is C12H13N7O. The molecule has 8 nitrogen and oxygen atoms in total. The van der Waals surface area contributed by atoms with Crippen molar-refractivity contribution in [1.29, 1.82) is 0 Å². The van der Waals surface area contributed by atoms with E-state index < -0.39 is 0 Å². The number of aromatic nitrogens is 5. The van der Waals surface area contributed by atoms with Crippen molar-refractivity contribution in [3.63, 3.8) is 0 Å². The number of hydrogen-bond acceptors (Lipinski definition) is 7. The highest BCUT2D eigenvalue weighted by Crippen LogP contribution is 2.14. The number of anilines is 2. The van der Waals surface area contributed by atoms with Gasteiger partial charge in [0.25, 0.3) is 0 Å². The average Bonchev–Trinajstić information content (AvgIpc) is 2.91. The van der Waals surface area contributed by atoms with Gasteiger partial charge in [-0.3, -0.25) is 0 Å². The van der Waals surface area contributed by atoms with Gasteiger partial charge < -0.3 is 15.8 Å². The van der Waals surface area contributed by atoms with Crippen molar-refractivity contribution in [1.82, 2.24) is 25.3 Å². The van der Waals surface area contributed by atoms with E-state index >= 15 is 0 Å². The van der Waals surface area contributed by atoms with Crippen LogP contribution in [0.4, 0.5) is 11.5 Å². The first-order valence-electron chi connectivity index (χ1n) is 6.09. The molecule has 0 aliphatic heterocycles. The van der Waals surface area contributed by atoms with Crippen molar-refractivity contribution < 1.29 is 4.74 Å². The summed E-state index contributed by atoms with van der Waals surface area (Å²) in [4.78, 5) is 0. The second-order valence-corrected chi connectivity index (χ2v) is 4.09. The Balaban J connectivity index is 1.52. The summed E-state index contributed by atoms with van der Waals surface area (Å²) in [6.07, 6.45) is 0. The summed E-state index contributed by atoms with van der Waals surface area (Å²) >= 11 is 0. The van der Waals surface area contributed by atoms with Crippen molar-refractivity contribution in [2.75, 3.05) is 24.2 Å². The van der Waals surface area contributed by atoms with Gasteiger partial charge in [0.15, 0.2) is 5.65 Å². The third-order valence-corrected chi connectivity index (χ3v) is 2.60. The van der Waals surface area contributed by atoms with Gasteiger partial charge in [0.05, 0.1) is 6.54 Å². The van der Waals surface area contributed by atoms with Crippen molar-refractivity contribution in [3.8, 4) is 5.75 Å². The maximum Gasteiger partial charge on any atom is 0.200 e. The number of tetrazole rings is 1. The number of nitrogen functional groups attached to an aromatic ring is 1. The van der Waals surface area contributed by atoms with Gasteiger partial charge in [-0.2, -0.15) is 0 Å². The molecule has 0 fully saturated rings. The summed E-state index contributed by atoms with van der Waals surface area (Å²) in [7, 11) is 0. The molecule has 3 rings (SSSR count). The fourth-order valence-corrected chi connectivity index (χ4v) is 1.70. The predicted octanol–water partition coefficient (Wildman–Crippen LogP) is 0.592. The molecule has 3 N–H and O–H groups in total. The topological polar surface area (TPSA) is 103 Å². The van der Waals surface area contributed by atoms with Gasteiger partial charge in [0.1, 0.15) is 18.2 Å². The van der Waals surface area contributed by atoms with Gasteiger partial charge in [-0.25, -0.2) is 0 Å². The van der Waals surface area contributed by atoms with Crippen molar-refractivity contribution >= 4 is 17.2 Å². The molecule has 3 aromatic rings. The molecule has 8 heteroatoms. The van der Waals surface area contributed by atoms with Crippen LogP contribution in [-0.4, -0.2) is 38.4 Å². The third-order valence-electron chi connectivity index (χ3n) is 2.60. The molecule has 0 saturated carbocycles. The van der Waals surface area contributed by atoms with Crippen LogP contribution in [0.2, 0.25) is 0 Å². The van der Waals surface area contributed by atoms with Crippen molar-refractivity contribution in [2.45, 2.75) is 0 Å². The number of ether oxygens (including phenoxy) is 1. The van der Waals surface area contributed by atoms with Crippen molar-refractivity contribution in [2.24, 2.45) is 0 Å². The summed E-state index contributed by atoms with van der Waals surface area (Å²) in [5.41, 5.74) is 6.95. The summed E-state index contributed by atoms with van der Waals surface area (Å²) in [5, 5.41) is 18.3. The third kappa shape index (κ3) is 2.74. The lowest BCUT2D eigenvalue weighted by molar-refractivity contribution is 0.333. The SMILES string of the molecule is Nc1cccc(OCCNc2ccc3nnnn3n2)c1. The van der Waals surface area contributed by atoms with Gasteiger partial charge in [-0.15, -0.1) is 14.8 Å². The fourth-order valence-electron chi connectivity index (χ4n) is 1.70. The van der Waals surface area contributed by atoms with E-state index in [2.05, 4.69) is 25.9 Å². The van der Waals surface area contributed by atoms with Crippen LogP contribution in [-0.2, 0) is 0 Å². The molecule has 0 radical (unpaired) electrons. The van der Waals surface area contributed by atoms with Gasteiger partial charge in [-0.1, -0.05) is 6.07 Å². The van der Waals surface area contributed by atoms with E-state index in [0.29, 0.717) is 30.3 Å². The number of nitrogens with one attached hydrogen (secondary N) is 1. The lowest BCUT2D eigenvalue weighted by atomic mass is 10.3. The summed E-state index contributed by atoms with van der Waals surface area (Å²) in [5.74, 6) is 1.43. The first-order valence-corrected chi connectivity index (χ1v) is 6.09. The Bertz CT molecular complexity index is 712. The lowest BCUT2D eigenvalue weighted by Crippen LogP contribution is -2.13. The number of nitrogens with two attached hydrogens (primary N) is 1. The normalized spacial score (nSPS) is 10.6. The van der Waals surface area contributed by atoms with E-state index in [0.717, 1.165) is 5.75 Å². The largest absolute Gasteiger partial charge is 0.492 e. The monoisotopic (exact) mass is 271 g/mol. The molecular weight excluding hydrogens is 258 g/mol. The Morgan fingerprint density at radius 1 is 1.25 bits per heavy atom. The minimum Gasteiger partial charge on any atom is -0.492 e. The first kappa shape index (κ1) is 12.2. The molecule has 2 heterocycles. The molecule has 0 spiro atoms. The summed E-state index contributed by atoms with van der Waals surface area (Å²) in [6.45, 7) is 1.11. The Labute approximate surface area is 114 Å². The van der Waals surface area contributed by atoms with Crippen LogP contribution in [0, 0.1) is 0 Å². The van der Waals surface area contributed by atoms with Crippen LogP contribution in [0.25, 0.3) is 5.65 Å². The van der Waals surface area contributed by atoms with E-state index in [1.54, 1.807) is 12.1 Å². The number of hydrogen-bond donors (Lipinski definition) is 2. The molecule has 2 aromatic heterocycles. The maximum absolute atomic E-state index is 5.67. The average molecular weight is 271 g/mol. The molecule has 0 unspecified atom stereocenters. The van der Waals surface area contributed by atoms with Crippen LogP contribution in [0.15, 0.2) is 36.4 Å². The Morgan fingerprint density at radius 3 is 3.10 bits per heavy atom. The second kappa shape index (κ2) is 5.39. The molecule has 0 atom stereocenters. The fraction of sp³-hybridized carbons (Fsp3) is 0.167. The highest BCUT2D eigenvalue weighted by molar-refractivity contribution is 5.44. The zero-order valence-electron chi connectivity index (χ0n) is 10.6. The summed E-state index contributed by atoms with van der Waals surface area (Å²) < 4.78 is 6.93. The quantitative estimate of drug-likeness (QED) is 0.517. The number of nitrogens with zero attached hydrogens (tertiary/aromatic N) is 5. The van der Waals surface area contributed by atoms with Crippen LogP contribution >= 0.6 is 0 Å². The van der Waals surface area contributed by atoms with E-state index in [9.17, 15) is 0 Å². The van der Waals surface area contributed by atoms with E-state index in [1.165, 1.54) is 4.63 Å². The zero-order valence-corrected chi connectivity index (χ0v) is 10.6. The molecule has 0 saturated heterocycles. The van der Waals surface area contributed by atoms with E-state index in [4.69, 9.17) is 10.5 Å². The molecule has 0 aliphatic rings. The number of rotatable bonds is 5. The van der Waals surface area contributed by atoms with Gasteiger partial charge in [0, 0.05) is 11.8 Å². The number of benzene rings is 1.